The molecule has 1 fully saturated rings. The van der Waals surface area contributed by atoms with Crippen molar-refractivity contribution in [3.8, 4) is 11.5 Å². The van der Waals surface area contributed by atoms with E-state index in [2.05, 4.69) is 5.43 Å². The molecule has 0 saturated carbocycles. The second kappa shape index (κ2) is 9.98. The van der Waals surface area contributed by atoms with Crippen LogP contribution in [0, 0.1) is 0 Å². The van der Waals surface area contributed by atoms with Crippen molar-refractivity contribution in [3.05, 3.63) is 93.5 Å². The van der Waals surface area contributed by atoms with E-state index in [1.807, 2.05) is 13.0 Å². The van der Waals surface area contributed by atoms with E-state index in [1.165, 1.54) is 11.1 Å². The van der Waals surface area contributed by atoms with Gasteiger partial charge in [-0.3, -0.25) is 15.0 Å². The third-order valence-corrected chi connectivity index (χ3v) is 5.47. The van der Waals surface area contributed by atoms with Crippen molar-refractivity contribution in [2.24, 2.45) is 0 Å². The molecule has 168 valence electrons. The van der Waals surface area contributed by atoms with Crippen LogP contribution in [0.15, 0.2) is 72.3 Å². The van der Waals surface area contributed by atoms with Crippen molar-refractivity contribution in [2.45, 2.75) is 13.5 Å². The van der Waals surface area contributed by atoms with Crippen molar-refractivity contribution in [3.63, 3.8) is 0 Å². The molecule has 0 spiro atoms. The van der Waals surface area contributed by atoms with Crippen molar-refractivity contribution in [2.75, 3.05) is 11.6 Å². The van der Waals surface area contributed by atoms with Crippen LogP contribution in [0.1, 0.15) is 18.1 Å². The molecule has 1 heterocycles. The number of benzene rings is 3. The number of halogens is 2. The normalized spacial score (nSPS) is 14.5. The zero-order chi connectivity index (χ0) is 23.4. The fourth-order valence-electron chi connectivity index (χ4n) is 3.28. The molecule has 3 aromatic carbocycles. The summed E-state index contributed by atoms with van der Waals surface area (Å²) in [6.07, 6.45) is 1.53. The number of nitrogens with zero attached hydrogens (tertiary/aromatic N) is 1. The van der Waals surface area contributed by atoms with Crippen LogP contribution in [-0.4, -0.2) is 18.4 Å². The third kappa shape index (κ3) is 5.13. The van der Waals surface area contributed by atoms with E-state index in [1.54, 1.807) is 60.7 Å². The first-order chi connectivity index (χ1) is 16.0. The summed E-state index contributed by atoms with van der Waals surface area (Å²) in [6, 6.07) is 19.3. The molecule has 1 aliphatic heterocycles. The summed E-state index contributed by atoms with van der Waals surface area (Å²) >= 11 is 12.2. The largest absolute Gasteiger partial charge is 0.490 e. The van der Waals surface area contributed by atoms with E-state index in [0.29, 0.717) is 39.4 Å². The number of anilines is 1. The van der Waals surface area contributed by atoms with Gasteiger partial charge in [0.2, 0.25) is 0 Å². The van der Waals surface area contributed by atoms with Gasteiger partial charge in [0.1, 0.15) is 12.2 Å². The van der Waals surface area contributed by atoms with Crippen LogP contribution in [0.2, 0.25) is 10.0 Å². The standard InChI is InChI=1S/C25H20Cl2N2O4/c1-2-32-23-13-16(8-11-22(23)33-15-17-9-10-18(26)14-21(17)27)12-20-24(30)28-29(25(20)31)19-6-4-3-5-7-19/h3-14H,2,15H2,1H3,(H,28,30). The molecule has 0 atom stereocenters. The lowest BCUT2D eigenvalue weighted by Crippen LogP contribution is -2.35. The minimum absolute atomic E-state index is 0.0305. The summed E-state index contributed by atoms with van der Waals surface area (Å²) in [4.78, 5) is 25.3. The maximum Gasteiger partial charge on any atom is 0.282 e. The molecule has 1 N–H and O–H groups in total. The molecule has 1 saturated heterocycles. The number of hydrazine groups is 1. The Hall–Kier alpha value is -3.48. The molecule has 0 bridgehead atoms. The minimum atomic E-state index is -0.473. The number of hydrogen-bond acceptors (Lipinski definition) is 4. The van der Waals surface area contributed by atoms with Crippen LogP contribution in [0.5, 0.6) is 11.5 Å². The van der Waals surface area contributed by atoms with Gasteiger partial charge in [0, 0.05) is 15.6 Å². The molecule has 8 heteroatoms. The maximum absolute atomic E-state index is 12.8. The minimum Gasteiger partial charge on any atom is -0.490 e. The average Bonchev–Trinajstić information content (AvgIpc) is 3.08. The molecule has 33 heavy (non-hydrogen) atoms. The van der Waals surface area contributed by atoms with Gasteiger partial charge in [-0.05, 0) is 55.0 Å². The summed E-state index contributed by atoms with van der Waals surface area (Å²) in [5, 5.41) is 2.29. The zero-order valence-electron chi connectivity index (χ0n) is 17.7. The summed E-state index contributed by atoms with van der Waals surface area (Å²) in [7, 11) is 0. The van der Waals surface area contributed by atoms with Crippen molar-refractivity contribution >= 4 is 46.8 Å². The Bertz CT molecular complexity index is 1230. The molecule has 3 aromatic rings. The number of carbonyl (C=O) groups is 2. The number of nitrogens with one attached hydrogen (secondary N) is 1. The number of rotatable bonds is 7. The maximum atomic E-state index is 12.8. The Morgan fingerprint density at radius 3 is 2.45 bits per heavy atom. The van der Waals surface area contributed by atoms with Crippen LogP contribution in [-0.2, 0) is 16.2 Å². The lowest BCUT2D eigenvalue weighted by Gasteiger charge is -2.14. The first-order valence-corrected chi connectivity index (χ1v) is 11.0. The monoisotopic (exact) mass is 482 g/mol. The van der Waals surface area contributed by atoms with Gasteiger partial charge in [-0.15, -0.1) is 0 Å². The molecule has 0 radical (unpaired) electrons. The van der Waals surface area contributed by atoms with Crippen molar-refractivity contribution < 1.29 is 19.1 Å². The van der Waals surface area contributed by atoms with E-state index in [4.69, 9.17) is 32.7 Å². The molecule has 0 aliphatic carbocycles. The second-order valence-electron chi connectivity index (χ2n) is 7.14. The fraction of sp³-hybridized carbons (Fsp3) is 0.120. The Balaban J connectivity index is 1.56. The van der Waals surface area contributed by atoms with Crippen molar-refractivity contribution in [1.29, 1.82) is 0 Å². The summed E-state index contributed by atoms with van der Waals surface area (Å²) in [6.45, 7) is 2.50. The summed E-state index contributed by atoms with van der Waals surface area (Å²) in [5.41, 5.74) is 4.61. The lowest BCUT2D eigenvalue weighted by atomic mass is 10.1. The Kier molecular flexibility index (Phi) is 6.87. The Morgan fingerprint density at radius 2 is 1.73 bits per heavy atom. The average molecular weight is 483 g/mol. The molecule has 2 amide bonds. The van der Waals surface area contributed by atoms with Gasteiger partial charge in [0.05, 0.1) is 12.3 Å². The number of amides is 2. The van der Waals surface area contributed by atoms with Gasteiger partial charge in [-0.2, -0.15) is 0 Å². The van der Waals surface area contributed by atoms with Crippen LogP contribution in [0.3, 0.4) is 0 Å². The van der Waals surface area contributed by atoms with E-state index < -0.39 is 11.8 Å². The fourth-order valence-corrected chi connectivity index (χ4v) is 3.74. The van der Waals surface area contributed by atoms with E-state index in [9.17, 15) is 9.59 Å². The number of carbonyl (C=O) groups excluding carboxylic acids is 2. The third-order valence-electron chi connectivity index (χ3n) is 4.88. The van der Waals surface area contributed by atoms with Gasteiger partial charge >= 0.3 is 0 Å². The highest BCUT2D eigenvalue weighted by Crippen LogP contribution is 2.32. The van der Waals surface area contributed by atoms with Gasteiger partial charge in [0.15, 0.2) is 11.5 Å². The number of hydrogen-bond donors (Lipinski definition) is 1. The highest BCUT2D eigenvalue weighted by molar-refractivity contribution is 6.35. The zero-order valence-corrected chi connectivity index (χ0v) is 19.2. The Morgan fingerprint density at radius 1 is 0.939 bits per heavy atom. The highest BCUT2D eigenvalue weighted by atomic mass is 35.5. The smallest absolute Gasteiger partial charge is 0.282 e. The topological polar surface area (TPSA) is 67.9 Å². The van der Waals surface area contributed by atoms with E-state index >= 15 is 0 Å². The first kappa shape index (κ1) is 22.7. The molecular weight excluding hydrogens is 463 g/mol. The van der Waals surface area contributed by atoms with Gasteiger partial charge < -0.3 is 9.47 Å². The van der Waals surface area contributed by atoms with E-state index in [0.717, 1.165) is 5.56 Å². The SMILES string of the molecule is CCOc1cc(C=C2C(=O)NN(c3ccccc3)C2=O)ccc1OCc1ccc(Cl)cc1Cl. The predicted octanol–water partition coefficient (Wildman–Crippen LogP) is 5.43. The van der Waals surface area contributed by atoms with E-state index in [-0.39, 0.29) is 12.2 Å². The molecule has 0 unspecified atom stereocenters. The van der Waals surface area contributed by atoms with Crippen LogP contribution in [0.4, 0.5) is 5.69 Å². The molecule has 4 rings (SSSR count). The highest BCUT2D eigenvalue weighted by Gasteiger charge is 2.34. The predicted molar refractivity (Wildman–Crippen MR) is 128 cm³/mol. The molecule has 0 aromatic heterocycles. The molecule has 1 aliphatic rings. The summed E-state index contributed by atoms with van der Waals surface area (Å²) < 4.78 is 11.6. The molecular formula is C25H20Cl2N2O4. The van der Waals surface area contributed by atoms with Gasteiger partial charge in [-0.25, -0.2) is 5.01 Å². The van der Waals surface area contributed by atoms with Crippen LogP contribution < -0.4 is 19.9 Å². The first-order valence-electron chi connectivity index (χ1n) is 10.2. The van der Waals surface area contributed by atoms with Crippen LogP contribution in [0.25, 0.3) is 6.08 Å². The second-order valence-corrected chi connectivity index (χ2v) is 7.98. The summed E-state index contributed by atoms with van der Waals surface area (Å²) in [5.74, 6) is 0.0993. The van der Waals surface area contributed by atoms with Gasteiger partial charge in [-0.1, -0.05) is 53.5 Å². The Labute approximate surface area is 201 Å². The van der Waals surface area contributed by atoms with Crippen LogP contribution >= 0.6 is 23.2 Å². The molecule has 6 nitrogen and oxygen atoms in total. The number of para-hydroxylation sites is 1. The van der Waals surface area contributed by atoms with Crippen molar-refractivity contribution in [1.82, 2.24) is 5.43 Å². The van der Waals surface area contributed by atoms with Gasteiger partial charge in [0.25, 0.3) is 11.8 Å². The number of ether oxygens (including phenoxy) is 2. The quantitative estimate of drug-likeness (QED) is 0.360. The lowest BCUT2D eigenvalue weighted by molar-refractivity contribution is -0.117.